The van der Waals surface area contributed by atoms with E-state index in [-0.39, 0.29) is 29.6 Å². The summed E-state index contributed by atoms with van der Waals surface area (Å²) in [7, 11) is 0. The Kier molecular flexibility index (Phi) is 5.79. The monoisotopic (exact) mass is 403 g/mol. The summed E-state index contributed by atoms with van der Waals surface area (Å²) < 4.78 is 0. The number of hydrogen-bond acceptors (Lipinski definition) is 5. The zero-order valence-electron chi connectivity index (χ0n) is 14.8. The lowest BCUT2D eigenvalue weighted by Crippen LogP contribution is -2.43. The first-order chi connectivity index (χ1) is 13.3. The van der Waals surface area contributed by atoms with E-state index in [9.17, 15) is 24.8 Å². The van der Waals surface area contributed by atoms with E-state index in [1.165, 1.54) is 0 Å². The van der Waals surface area contributed by atoms with E-state index in [1.54, 1.807) is 29.2 Å². The lowest BCUT2D eigenvalue weighted by atomic mass is 9.96. The molecule has 0 radical (unpaired) electrons. The quantitative estimate of drug-likeness (QED) is 0.461. The highest BCUT2D eigenvalue weighted by Crippen LogP contribution is 2.29. The van der Waals surface area contributed by atoms with E-state index in [0.29, 0.717) is 30.0 Å². The summed E-state index contributed by atoms with van der Waals surface area (Å²) in [4.78, 5) is 37.1. The number of halogens is 1. The molecule has 1 heterocycles. The summed E-state index contributed by atoms with van der Waals surface area (Å²) >= 11 is 5.85. The van der Waals surface area contributed by atoms with Crippen LogP contribution in [0.3, 0.4) is 0 Å². The molecule has 2 N–H and O–H groups in total. The van der Waals surface area contributed by atoms with Crippen LogP contribution in [0, 0.1) is 16.0 Å². The topological polar surface area (TPSA) is 113 Å². The second kappa shape index (κ2) is 8.26. The van der Waals surface area contributed by atoms with Gasteiger partial charge in [-0.1, -0.05) is 11.6 Å². The smallest absolute Gasteiger partial charge is 0.271 e. The van der Waals surface area contributed by atoms with Crippen molar-refractivity contribution < 1.29 is 19.6 Å². The van der Waals surface area contributed by atoms with Crippen LogP contribution in [0.1, 0.15) is 23.2 Å². The van der Waals surface area contributed by atoms with Crippen molar-refractivity contribution >= 4 is 34.8 Å². The molecule has 1 unspecified atom stereocenters. The average Bonchev–Trinajstić information content (AvgIpc) is 2.69. The molecule has 0 aliphatic carbocycles. The summed E-state index contributed by atoms with van der Waals surface area (Å²) in [6.07, 6.45) is 1.23. The van der Waals surface area contributed by atoms with Gasteiger partial charge in [0.2, 0.25) is 5.91 Å². The molecule has 0 spiro atoms. The highest BCUT2D eigenvalue weighted by atomic mass is 35.5. The minimum absolute atomic E-state index is 0.0275. The molecule has 28 heavy (non-hydrogen) atoms. The van der Waals surface area contributed by atoms with Crippen LogP contribution in [0.25, 0.3) is 0 Å². The maximum atomic E-state index is 12.6. The van der Waals surface area contributed by atoms with Gasteiger partial charge in [-0.25, -0.2) is 0 Å². The molecule has 3 rings (SSSR count). The first-order valence-electron chi connectivity index (χ1n) is 8.68. The maximum Gasteiger partial charge on any atom is 0.271 e. The van der Waals surface area contributed by atoms with Gasteiger partial charge in [0.25, 0.3) is 11.6 Å². The number of phenolic OH excluding ortho intramolecular Hbond substituents is 1. The van der Waals surface area contributed by atoms with Crippen molar-refractivity contribution in [2.45, 2.75) is 12.8 Å². The molecule has 0 bridgehead atoms. The third-order valence-corrected chi connectivity index (χ3v) is 4.87. The number of rotatable bonds is 4. The van der Waals surface area contributed by atoms with Gasteiger partial charge < -0.3 is 15.3 Å². The number of aromatic hydroxyl groups is 1. The van der Waals surface area contributed by atoms with Crippen LogP contribution in [0.15, 0.2) is 42.5 Å². The van der Waals surface area contributed by atoms with Crippen LogP contribution in [0.5, 0.6) is 5.75 Å². The number of phenols is 1. The van der Waals surface area contributed by atoms with Gasteiger partial charge in [-0.2, -0.15) is 0 Å². The van der Waals surface area contributed by atoms with E-state index in [1.807, 2.05) is 0 Å². The first kappa shape index (κ1) is 19.6. The van der Waals surface area contributed by atoms with Crippen molar-refractivity contribution in [3.05, 3.63) is 63.2 Å². The molecule has 0 saturated carbocycles. The van der Waals surface area contributed by atoms with Gasteiger partial charge in [0.15, 0.2) is 0 Å². The average molecular weight is 404 g/mol. The Morgan fingerprint density at radius 1 is 1.21 bits per heavy atom. The van der Waals surface area contributed by atoms with E-state index in [4.69, 9.17) is 11.6 Å². The number of carbonyl (C=O) groups excluding carboxylic acids is 2. The number of nitrogens with zero attached hydrogens (tertiary/aromatic N) is 2. The van der Waals surface area contributed by atoms with Crippen molar-refractivity contribution in [1.82, 2.24) is 4.90 Å². The van der Waals surface area contributed by atoms with Crippen molar-refractivity contribution in [2.75, 3.05) is 18.4 Å². The second-order valence-corrected chi connectivity index (χ2v) is 6.98. The predicted octanol–water partition coefficient (Wildman–Crippen LogP) is 3.44. The van der Waals surface area contributed by atoms with Crippen molar-refractivity contribution in [3.63, 3.8) is 0 Å². The fourth-order valence-electron chi connectivity index (χ4n) is 3.12. The molecule has 1 aliphatic rings. The Labute approximate surface area is 165 Å². The van der Waals surface area contributed by atoms with E-state index in [2.05, 4.69) is 5.32 Å². The Hall–Kier alpha value is -3.13. The van der Waals surface area contributed by atoms with Crippen LogP contribution >= 0.6 is 11.6 Å². The largest absolute Gasteiger partial charge is 0.506 e. The lowest BCUT2D eigenvalue weighted by Gasteiger charge is -2.32. The Morgan fingerprint density at radius 3 is 2.61 bits per heavy atom. The van der Waals surface area contributed by atoms with Gasteiger partial charge in [-0.05, 0) is 43.2 Å². The molecule has 146 valence electrons. The second-order valence-electron chi connectivity index (χ2n) is 6.55. The molecule has 9 heteroatoms. The number of nitrogens with one attached hydrogen (secondary N) is 1. The lowest BCUT2D eigenvalue weighted by molar-refractivity contribution is -0.384. The Bertz CT molecular complexity index is 916. The number of non-ortho nitro benzene ring substituents is 1. The SMILES string of the molecule is O=C(Nc1cc([N+](=O)[O-])ccc1O)C1CCCN(C(=O)c2ccc(Cl)cc2)C1. The fourth-order valence-corrected chi connectivity index (χ4v) is 3.25. The molecule has 8 nitrogen and oxygen atoms in total. The number of carbonyl (C=O) groups is 2. The van der Waals surface area contributed by atoms with Crippen molar-refractivity contribution in [1.29, 1.82) is 0 Å². The molecule has 1 aliphatic heterocycles. The third-order valence-electron chi connectivity index (χ3n) is 4.62. The molecular formula is C19H18ClN3O5. The van der Waals surface area contributed by atoms with Crippen LogP contribution in [-0.4, -0.2) is 39.8 Å². The summed E-state index contributed by atoms with van der Waals surface area (Å²) in [5, 5.41) is 23.8. The zero-order chi connectivity index (χ0) is 20.3. The number of amides is 2. The standard InChI is InChI=1S/C19H18ClN3O5/c20-14-5-3-12(4-6-14)19(26)22-9-1-2-13(11-22)18(25)21-16-10-15(23(27)28)7-8-17(16)24/h3-8,10,13,24H,1-2,9,11H2,(H,21,25). The number of benzene rings is 2. The number of nitro benzene ring substituents is 1. The number of likely N-dealkylation sites (tertiary alicyclic amines) is 1. The summed E-state index contributed by atoms with van der Waals surface area (Å²) in [5.74, 6) is -1.33. The molecule has 1 fully saturated rings. The molecule has 0 aromatic heterocycles. The highest BCUT2D eigenvalue weighted by molar-refractivity contribution is 6.30. The summed E-state index contributed by atoms with van der Waals surface area (Å²) in [6, 6.07) is 9.95. The number of hydrogen-bond donors (Lipinski definition) is 2. The maximum absolute atomic E-state index is 12.6. The minimum Gasteiger partial charge on any atom is -0.506 e. The highest BCUT2D eigenvalue weighted by Gasteiger charge is 2.29. The van der Waals surface area contributed by atoms with Gasteiger partial charge in [0, 0.05) is 35.8 Å². The van der Waals surface area contributed by atoms with E-state index < -0.39 is 16.7 Å². The van der Waals surface area contributed by atoms with Gasteiger partial charge in [-0.15, -0.1) is 0 Å². The van der Waals surface area contributed by atoms with Gasteiger partial charge >= 0.3 is 0 Å². The van der Waals surface area contributed by atoms with E-state index >= 15 is 0 Å². The molecule has 2 aromatic carbocycles. The normalized spacial score (nSPS) is 16.5. The minimum atomic E-state index is -0.609. The number of nitro groups is 1. The third kappa shape index (κ3) is 4.40. The molecule has 1 atom stereocenters. The zero-order valence-corrected chi connectivity index (χ0v) is 15.6. The van der Waals surface area contributed by atoms with Gasteiger partial charge in [0.05, 0.1) is 16.5 Å². The van der Waals surface area contributed by atoms with Crippen LogP contribution in [-0.2, 0) is 4.79 Å². The van der Waals surface area contributed by atoms with Crippen LogP contribution in [0.4, 0.5) is 11.4 Å². The first-order valence-corrected chi connectivity index (χ1v) is 9.06. The van der Waals surface area contributed by atoms with Gasteiger partial charge in [0.1, 0.15) is 5.75 Å². The number of piperidine rings is 1. The van der Waals surface area contributed by atoms with Crippen molar-refractivity contribution in [3.8, 4) is 5.75 Å². The van der Waals surface area contributed by atoms with Gasteiger partial charge in [-0.3, -0.25) is 19.7 Å². The molecular weight excluding hydrogens is 386 g/mol. The van der Waals surface area contributed by atoms with Crippen LogP contribution in [0.2, 0.25) is 5.02 Å². The molecule has 1 saturated heterocycles. The predicted molar refractivity (Wildman–Crippen MR) is 103 cm³/mol. The van der Waals surface area contributed by atoms with Crippen molar-refractivity contribution in [2.24, 2.45) is 5.92 Å². The molecule has 2 amide bonds. The Balaban J connectivity index is 1.69. The Morgan fingerprint density at radius 2 is 1.93 bits per heavy atom. The van der Waals surface area contributed by atoms with Crippen LogP contribution < -0.4 is 5.32 Å². The molecule has 2 aromatic rings. The van der Waals surface area contributed by atoms with E-state index in [0.717, 1.165) is 18.2 Å². The summed E-state index contributed by atoms with van der Waals surface area (Å²) in [6.45, 7) is 0.760. The fraction of sp³-hybridized carbons (Fsp3) is 0.263. The summed E-state index contributed by atoms with van der Waals surface area (Å²) in [5.41, 5.74) is 0.221. The number of anilines is 1.